The molecule has 0 radical (unpaired) electrons. The van der Waals surface area contributed by atoms with E-state index in [9.17, 15) is 0 Å². The lowest BCUT2D eigenvalue weighted by Crippen LogP contribution is -2.29. The van der Waals surface area contributed by atoms with Crippen LogP contribution in [0.1, 0.15) is 18.9 Å². The molecule has 0 saturated heterocycles. The molecule has 1 aromatic rings. The van der Waals surface area contributed by atoms with E-state index in [0.29, 0.717) is 5.46 Å². The van der Waals surface area contributed by atoms with Crippen LogP contribution in [0, 0.1) is 0 Å². The molecule has 74 valence electrons. The summed E-state index contributed by atoms with van der Waals surface area (Å²) in [6.07, 6.45) is 6.17. The minimum Gasteiger partial charge on any atom is -0.423 e. The number of hydrogen-bond donors (Lipinski definition) is 2. The molecule has 0 atom stereocenters. The second-order valence-electron chi connectivity index (χ2n) is 3.22. The van der Waals surface area contributed by atoms with Crippen LogP contribution in [0.2, 0.25) is 0 Å². The Hall–Kier alpha value is -1.06. The normalized spacial score (nSPS) is 10.8. The van der Waals surface area contributed by atoms with E-state index < -0.39 is 7.12 Å². The van der Waals surface area contributed by atoms with Gasteiger partial charge in [-0.1, -0.05) is 36.4 Å². The van der Waals surface area contributed by atoms with Crippen LogP contribution < -0.4 is 5.46 Å². The first-order valence-corrected chi connectivity index (χ1v) is 4.80. The van der Waals surface area contributed by atoms with Crippen molar-refractivity contribution in [2.45, 2.75) is 19.8 Å². The standard InChI is InChI=1S/C11H15BO2/c1-2-3-4-5-10-6-8-11(9-7-10)12(13)14/h2-3,6-9,13-14H,4-5H2,1H3. The lowest BCUT2D eigenvalue weighted by Gasteiger charge is -2.01. The maximum absolute atomic E-state index is 8.87. The van der Waals surface area contributed by atoms with Crippen molar-refractivity contribution in [1.29, 1.82) is 0 Å². The van der Waals surface area contributed by atoms with Gasteiger partial charge in [-0.3, -0.25) is 0 Å². The van der Waals surface area contributed by atoms with Crippen molar-refractivity contribution in [3.8, 4) is 0 Å². The highest BCUT2D eigenvalue weighted by Gasteiger charge is 2.09. The number of allylic oxidation sites excluding steroid dienone is 2. The van der Waals surface area contributed by atoms with Gasteiger partial charge in [0.1, 0.15) is 0 Å². The number of aryl methyl sites for hydroxylation is 1. The van der Waals surface area contributed by atoms with Gasteiger partial charge in [-0.25, -0.2) is 0 Å². The van der Waals surface area contributed by atoms with Crippen molar-refractivity contribution in [1.82, 2.24) is 0 Å². The molecule has 1 rings (SSSR count). The van der Waals surface area contributed by atoms with E-state index >= 15 is 0 Å². The highest BCUT2D eigenvalue weighted by atomic mass is 16.4. The topological polar surface area (TPSA) is 40.5 Å². The Labute approximate surface area is 85.0 Å². The summed E-state index contributed by atoms with van der Waals surface area (Å²) in [5.74, 6) is 0. The minimum absolute atomic E-state index is 0.541. The number of benzene rings is 1. The lowest BCUT2D eigenvalue weighted by molar-refractivity contribution is 0.426. The molecule has 2 N–H and O–H groups in total. The fraction of sp³-hybridized carbons (Fsp3) is 0.273. The molecule has 0 unspecified atom stereocenters. The summed E-state index contributed by atoms with van der Waals surface area (Å²) in [5, 5.41) is 17.7. The van der Waals surface area contributed by atoms with E-state index in [1.54, 1.807) is 12.1 Å². The quantitative estimate of drug-likeness (QED) is 0.546. The third-order valence-corrected chi connectivity index (χ3v) is 2.11. The van der Waals surface area contributed by atoms with Gasteiger partial charge in [-0.05, 0) is 30.8 Å². The summed E-state index contributed by atoms with van der Waals surface area (Å²) in [4.78, 5) is 0. The first-order valence-electron chi connectivity index (χ1n) is 4.80. The molecule has 0 aliphatic heterocycles. The zero-order valence-corrected chi connectivity index (χ0v) is 8.35. The smallest absolute Gasteiger partial charge is 0.423 e. The summed E-state index contributed by atoms with van der Waals surface area (Å²) < 4.78 is 0. The zero-order valence-electron chi connectivity index (χ0n) is 8.35. The van der Waals surface area contributed by atoms with Crippen molar-refractivity contribution >= 4 is 12.6 Å². The molecular formula is C11H15BO2. The van der Waals surface area contributed by atoms with Crippen molar-refractivity contribution < 1.29 is 10.0 Å². The van der Waals surface area contributed by atoms with Crippen LogP contribution in [0.25, 0.3) is 0 Å². The molecular weight excluding hydrogens is 175 g/mol. The molecule has 0 saturated carbocycles. The molecule has 0 spiro atoms. The van der Waals surface area contributed by atoms with Gasteiger partial charge in [0, 0.05) is 0 Å². The lowest BCUT2D eigenvalue weighted by atomic mass is 9.80. The Morgan fingerprint density at radius 1 is 1.21 bits per heavy atom. The predicted octanol–water partition coefficient (Wildman–Crippen LogP) is 0.875. The molecule has 0 heterocycles. The van der Waals surface area contributed by atoms with Gasteiger partial charge in [0.25, 0.3) is 0 Å². The maximum atomic E-state index is 8.87. The summed E-state index contributed by atoms with van der Waals surface area (Å²) in [6, 6.07) is 7.35. The van der Waals surface area contributed by atoms with Crippen LogP contribution in [-0.4, -0.2) is 17.2 Å². The highest BCUT2D eigenvalue weighted by molar-refractivity contribution is 6.58. The van der Waals surface area contributed by atoms with Crippen molar-refractivity contribution in [2.75, 3.05) is 0 Å². The van der Waals surface area contributed by atoms with E-state index in [1.807, 2.05) is 25.1 Å². The van der Waals surface area contributed by atoms with E-state index in [-0.39, 0.29) is 0 Å². The van der Waals surface area contributed by atoms with E-state index in [1.165, 1.54) is 5.56 Å². The Kier molecular flexibility index (Phi) is 4.43. The van der Waals surface area contributed by atoms with Gasteiger partial charge in [0.05, 0.1) is 0 Å². The molecule has 0 amide bonds. The van der Waals surface area contributed by atoms with E-state index in [4.69, 9.17) is 10.0 Å². The minimum atomic E-state index is -1.36. The molecule has 0 fully saturated rings. The molecule has 0 aromatic heterocycles. The zero-order chi connectivity index (χ0) is 10.4. The maximum Gasteiger partial charge on any atom is 0.488 e. The Balaban J connectivity index is 2.55. The Morgan fingerprint density at radius 3 is 2.36 bits per heavy atom. The fourth-order valence-electron chi connectivity index (χ4n) is 1.27. The van der Waals surface area contributed by atoms with Crippen molar-refractivity contribution in [3.63, 3.8) is 0 Å². The van der Waals surface area contributed by atoms with Crippen LogP contribution >= 0.6 is 0 Å². The number of rotatable bonds is 4. The summed E-state index contributed by atoms with van der Waals surface area (Å²) in [7, 11) is -1.36. The summed E-state index contributed by atoms with van der Waals surface area (Å²) >= 11 is 0. The van der Waals surface area contributed by atoms with Crippen LogP contribution in [0.15, 0.2) is 36.4 Å². The van der Waals surface area contributed by atoms with Crippen LogP contribution in [0.5, 0.6) is 0 Å². The summed E-state index contributed by atoms with van der Waals surface area (Å²) in [5.41, 5.74) is 1.76. The third kappa shape index (κ3) is 3.36. The van der Waals surface area contributed by atoms with Gasteiger partial charge in [0.2, 0.25) is 0 Å². The van der Waals surface area contributed by atoms with Crippen LogP contribution in [-0.2, 0) is 6.42 Å². The monoisotopic (exact) mass is 190 g/mol. The molecule has 3 heteroatoms. The first kappa shape index (κ1) is 11.0. The second kappa shape index (κ2) is 5.63. The van der Waals surface area contributed by atoms with Gasteiger partial charge in [0.15, 0.2) is 0 Å². The predicted molar refractivity (Wildman–Crippen MR) is 59.4 cm³/mol. The Bertz CT molecular complexity index is 291. The average Bonchev–Trinajstić information content (AvgIpc) is 2.19. The van der Waals surface area contributed by atoms with Gasteiger partial charge < -0.3 is 10.0 Å². The number of hydrogen-bond acceptors (Lipinski definition) is 2. The largest absolute Gasteiger partial charge is 0.488 e. The van der Waals surface area contributed by atoms with Crippen LogP contribution in [0.3, 0.4) is 0 Å². The van der Waals surface area contributed by atoms with Gasteiger partial charge in [-0.2, -0.15) is 0 Å². The van der Waals surface area contributed by atoms with Crippen molar-refractivity contribution in [2.24, 2.45) is 0 Å². The van der Waals surface area contributed by atoms with E-state index in [2.05, 4.69) is 6.08 Å². The van der Waals surface area contributed by atoms with Gasteiger partial charge in [-0.15, -0.1) is 0 Å². The SMILES string of the molecule is CC=CCCc1ccc(B(O)O)cc1. The first-order chi connectivity index (χ1) is 6.74. The molecule has 1 aromatic carbocycles. The molecule has 0 aliphatic carbocycles. The van der Waals surface area contributed by atoms with Crippen molar-refractivity contribution in [3.05, 3.63) is 42.0 Å². The molecule has 0 bridgehead atoms. The highest BCUT2D eigenvalue weighted by Crippen LogP contribution is 2.02. The molecule has 0 aliphatic rings. The van der Waals surface area contributed by atoms with Crippen LogP contribution in [0.4, 0.5) is 0 Å². The third-order valence-electron chi connectivity index (χ3n) is 2.11. The second-order valence-corrected chi connectivity index (χ2v) is 3.22. The van der Waals surface area contributed by atoms with E-state index in [0.717, 1.165) is 12.8 Å². The Morgan fingerprint density at radius 2 is 1.86 bits per heavy atom. The molecule has 14 heavy (non-hydrogen) atoms. The fourth-order valence-corrected chi connectivity index (χ4v) is 1.27. The summed E-state index contributed by atoms with van der Waals surface area (Å²) in [6.45, 7) is 2.01. The molecule has 2 nitrogen and oxygen atoms in total. The average molecular weight is 190 g/mol. The van der Waals surface area contributed by atoms with Gasteiger partial charge >= 0.3 is 7.12 Å².